The zero-order valence-electron chi connectivity index (χ0n) is 11.6. The van der Waals surface area contributed by atoms with E-state index in [9.17, 15) is 22.4 Å². The number of nitrogen functional groups attached to an aromatic ring is 1. The molecule has 0 aliphatic heterocycles. The Morgan fingerprint density at radius 2 is 1.92 bits per heavy atom. The Kier molecular flexibility index (Phi) is 4.70. The molecule has 0 bridgehead atoms. The molecule has 0 amide bonds. The van der Waals surface area contributed by atoms with E-state index >= 15 is 0 Å². The normalized spacial score (nSPS) is 11.2. The SMILES string of the molecule is N#Cc1cc(F)ccc1-c1c(C(F)(F)F)cc(C(=O)O)c(N)c1I. The highest BCUT2D eigenvalue weighted by atomic mass is 127. The van der Waals surface area contributed by atoms with Crippen LogP contribution in [0.1, 0.15) is 21.5 Å². The number of nitrogens with zero attached hydrogens (tertiary/aromatic N) is 1. The number of carboxylic acids is 1. The van der Waals surface area contributed by atoms with Crippen LogP contribution < -0.4 is 5.73 Å². The quantitative estimate of drug-likeness (QED) is 0.407. The molecule has 0 radical (unpaired) electrons. The van der Waals surface area contributed by atoms with E-state index in [4.69, 9.17) is 16.1 Å². The standard InChI is InChI=1S/C15H7F4IN2O2/c16-7-1-2-8(6(3-7)5-21)11-10(15(17,18)19)4-9(14(23)24)13(22)12(11)20/h1-4H,22H2,(H,23,24). The number of benzene rings is 2. The van der Waals surface area contributed by atoms with Crippen molar-refractivity contribution in [2.24, 2.45) is 0 Å². The van der Waals surface area contributed by atoms with E-state index in [1.165, 1.54) is 22.6 Å². The van der Waals surface area contributed by atoms with Gasteiger partial charge in [0, 0.05) is 14.7 Å². The van der Waals surface area contributed by atoms with Gasteiger partial charge in [-0.1, -0.05) is 6.07 Å². The fourth-order valence-corrected chi connectivity index (χ4v) is 3.03. The van der Waals surface area contributed by atoms with Crippen molar-refractivity contribution in [3.05, 3.63) is 50.3 Å². The molecule has 0 aromatic heterocycles. The number of aromatic carboxylic acids is 1. The minimum absolute atomic E-state index is 0.178. The highest BCUT2D eigenvalue weighted by molar-refractivity contribution is 14.1. The number of rotatable bonds is 2. The van der Waals surface area contributed by atoms with Crippen molar-refractivity contribution in [2.45, 2.75) is 6.18 Å². The summed E-state index contributed by atoms with van der Waals surface area (Å²) < 4.78 is 53.3. The Bertz CT molecular complexity index is 889. The van der Waals surface area contributed by atoms with Crippen LogP contribution in [0.15, 0.2) is 24.3 Å². The van der Waals surface area contributed by atoms with Crippen molar-refractivity contribution >= 4 is 34.2 Å². The Labute approximate surface area is 146 Å². The number of carboxylic acid groups (broad SMARTS) is 1. The van der Waals surface area contributed by atoms with Crippen LogP contribution in [0.3, 0.4) is 0 Å². The van der Waals surface area contributed by atoms with Gasteiger partial charge in [0.25, 0.3) is 0 Å². The lowest BCUT2D eigenvalue weighted by Gasteiger charge is -2.19. The van der Waals surface area contributed by atoms with Crippen molar-refractivity contribution in [1.29, 1.82) is 5.26 Å². The molecule has 2 aromatic rings. The Hall–Kier alpha value is -2.35. The molecule has 0 saturated carbocycles. The average Bonchev–Trinajstić information content (AvgIpc) is 2.48. The number of nitriles is 1. The summed E-state index contributed by atoms with van der Waals surface area (Å²) in [5.74, 6) is -2.39. The van der Waals surface area contributed by atoms with Crippen molar-refractivity contribution in [2.75, 3.05) is 5.73 Å². The highest BCUT2D eigenvalue weighted by Gasteiger charge is 2.37. The third-order valence-corrected chi connectivity index (χ3v) is 4.33. The topological polar surface area (TPSA) is 87.1 Å². The number of anilines is 1. The second kappa shape index (κ2) is 6.27. The van der Waals surface area contributed by atoms with Crippen LogP contribution in [0.2, 0.25) is 0 Å². The molecule has 0 atom stereocenters. The number of nitrogens with two attached hydrogens (primary N) is 1. The second-order valence-electron chi connectivity index (χ2n) is 4.68. The van der Waals surface area contributed by atoms with Crippen molar-refractivity contribution in [3.63, 3.8) is 0 Å². The molecule has 0 saturated heterocycles. The van der Waals surface area contributed by atoms with Gasteiger partial charge < -0.3 is 10.8 Å². The third-order valence-electron chi connectivity index (χ3n) is 3.21. The number of halogens is 5. The summed E-state index contributed by atoms with van der Waals surface area (Å²) in [4.78, 5) is 11.1. The molecule has 0 aliphatic carbocycles. The third kappa shape index (κ3) is 3.14. The molecule has 124 valence electrons. The van der Waals surface area contributed by atoms with Crippen LogP contribution in [0.25, 0.3) is 11.1 Å². The zero-order valence-corrected chi connectivity index (χ0v) is 13.7. The van der Waals surface area contributed by atoms with Crippen LogP contribution >= 0.6 is 22.6 Å². The monoisotopic (exact) mass is 450 g/mol. The van der Waals surface area contributed by atoms with Crippen molar-refractivity contribution in [3.8, 4) is 17.2 Å². The summed E-state index contributed by atoms with van der Waals surface area (Å²) in [5, 5.41) is 18.1. The lowest BCUT2D eigenvalue weighted by atomic mass is 9.93. The lowest BCUT2D eigenvalue weighted by Crippen LogP contribution is -2.14. The molecule has 0 heterocycles. The van der Waals surface area contributed by atoms with Crippen LogP contribution in [0, 0.1) is 20.7 Å². The van der Waals surface area contributed by atoms with E-state index in [1.54, 1.807) is 6.07 Å². The summed E-state index contributed by atoms with van der Waals surface area (Å²) in [6, 6.07) is 4.78. The molecule has 0 aliphatic rings. The van der Waals surface area contributed by atoms with Crippen LogP contribution in [-0.2, 0) is 6.18 Å². The minimum atomic E-state index is -4.89. The van der Waals surface area contributed by atoms with Crippen LogP contribution in [-0.4, -0.2) is 11.1 Å². The van der Waals surface area contributed by atoms with Gasteiger partial charge in [-0.3, -0.25) is 0 Å². The molecule has 0 fully saturated rings. The van der Waals surface area contributed by atoms with Gasteiger partial charge in [-0.25, -0.2) is 9.18 Å². The van der Waals surface area contributed by atoms with Crippen LogP contribution in [0.5, 0.6) is 0 Å². The number of carbonyl (C=O) groups is 1. The molecule has 0 spiro atoms. The maximum atomic E-state index is 13.4. The summed E-state index contributed by atoms with van der Waals surface area (Å²) in [6.07, 6.45) is -4.89. The Morgan fingerprint density at radius 3 is 2.42 bits per heavy atom. The molecule has 4 nitrogen and oxygen atoms in total. The number of hydrogen-bond acceptors (Lipinski definition) is 3. The summed E-state index contributed by atoms with van der Waals surface area (Å²) in [6.45, 7) is 0. The maximum absolute atomic E-state index is 13.4. The van der Waals surface area contributed by atoms with Gasteiger partial charge in [-0.05, 0) is 40.8 Å². The smallest absolute Gasteiger partial charge is 0.417 e. The minimum Gasteiger partial charge on any atom is -0.478 e. The first-order valence-electron chi connectivity index (χ1n) is 6.20. The van der Waals surface area contributed by atoms with E-state index in [1.807, 2.05) is 0 Å². The molecule has 0 unspecified atom stereocenters. The molecular weight excluding hydrogens is 443 g/mol. The van der Waals surface area contributed by atoms with Crippen molar-refractivity contribution < 1.29 is 27.5 Å². The molecule has 2 aromatic carbocycles. The fourth-order valence-electron chi connectivity index (χ4n) is 2.16. The maximum Gasteiger partial charge on any atom is 0.417 e. The van der Waals surface area contributed by atoms with E-state index in [-0.39, 0.29) is 20.4 Å². The van der Waals surface area contributed by atoms with Crippen LogP contribution in [0.4, 0.5) is 23.2 Å². The molecule has 9 heteroatoms. The van der Waals surface area contributed by atoms with Gasteiger partial charge >= 0.3 is 12.1 Å². The van der Waals surface area contributed by atoms with Gasteiger partial charge in [-0.2, -0.15) is 18.4 Å². The van der Waals surface area contributed by atoms with Gasteiger partial charge in [-0.15, -0.1) is 0 Å². The van der Waals surface area contributed by atoms with Gasteiger partial charge in [0.2, 0.25) is 0 Å². The lowest BCUT2D eigenvalue weighted by molar-refractivity contribution is -0.137. The van der Waals surface area contributed by atoms with Gasteiger partial charge in [0.15, 0.2) is 0 Å². The van der Waals surface area contributed by atoms with Gasteiger partial charge in [0.05, 0.1) is 28.4 Å². The first-order valence-corrected chi connectivity index (χ1v) is 7.28. The first-order chi connectivity index (χ1) is 11.1. The van der Waals surface area contributed by atoms with E-state index in [0.717, 1.165) is 18.2 Å². The molecule has 2 rings (SSSR count). The predicted octanol–water partition coefficient (Wildman–Crippen LogP) is 4.27. The molecule has 3 N–H and O–H groups in total. The van der Waals surface area contributed by atoms with E-state index in [2.05, 4.69) is 0 Å². The predicted molar refractivity (Wildman–Crippen MR) is 85.6 cm³/mol. The van der Waals surface area contributed by atoms with Gasteiger partial charge in [0.1, 0.15) is 5.82 Å². The number of alkyl halides is 3. The van der Waals surface area contributed by atoms with Crippen molar-refractivity contribution in [1.82, 2.24) is 0 Å². The summed E-state index contributed by atoms with van der Waals surface area (Å²) in [7, 11) is 0. The fraction of sp³-hybridized carbons (Fsp3) is 0.0667. The zero-order chi connectivity index (χ0) is 18.2. The first kappa shape index (κ1) is 18.0. The largest absolute Gasteiger partial charge is 0.478 e. The van der Waals surface area contributed by atoms with E-state index < -0.39 is 34.7 Å². The number of hydrogen-bond donors (Lipinski definition) is 2. The summed E-state index contributed by atoms with van der Waals surface area (Å²) >= 11 is 1.48. The average molecular weight is 450 g/mol. The second-order valence-corrected chi connectivity index (χ2v) is 5.76. The Morgan fingerprint density at radius 1 is 1.29 bits per heavy atom. The molecule has 24 heavy (non-hydrogen) atoms. The molecular formula is C15H7F4IN2O2. The van der Waals surface area contributed by atoms with E-state index in [0.29, 0.717) is 6.07 Å². The summed E-state index contributed by atoms with van der Waals surface area (Å²) in [5.41, 5.74) is 2.36. The Balaban J connectivity index is 2.97. The highest BCUT2D eigenvalue weighted by Crippen LogP contribution is 2.43.